The van der Waals surface area contributed by atoms with Crippen molar-refractivity contribution in [3.63, 3.8) is 0 Å². The number of benzene rings is 2. The summed E-state index contributed by atoms with van der Waals surface area (Å²) < 4.78 is 5.14. The fraction of sp³-hybridized carbons (Fsp3) is 0.333. The van der Waals surface area contributed by atoms with Crippen LogP contribution < -0.4 is 0 Å². The van der Waals surface area contributed by atoms with Gasteiger partial charge in [0, 0.05) is 12.0 Å². The summed E-state index contributed by atoms with van der Waals surface area (Å²) >= 11 is 0. The molecule has 2 aromatic rings. The SMILES string of the molecule is O=C(CCC(=O)c1ccc2c(c1)CCCC2)OCCN1C(=O)c2ccccc2C1=O. The topological polar surface area (TPSA) is 80.8 Å². The quantitative estimate of drug-likeness (QED) is 0.401. The predicted octanol–water partition coefficient (Wildman–Crippen LogP) is 3.37. The van der Waals surface area contributed by atoms with Crippen molar-refractivity contribution in [2.75, 3.05) is 13.2 Å². The molecule has 2 aliphatic rings. The van der Waals surface area contributed by atoms with Crippen LogP contribution in [0.25, 0.3) is 0 Å². The summed E-state index contributed by atoms with van der Waals surface area (Å²) in [5.74, 6) is -1.36. The summed E-state index contributed by atoms with van der Waals surface area (Å²) in [6.07, 6.45) is 4.43. The van der Waals surface area contributed by atoms with E-state index in [9.17, 15) is 19.2 Å². The van der Waals surface area contributed by atoms with Crippen molar-refractivity contribution in [3.8, 4) is 0 Å². The molecule has 2 amide bonds. The van der Waals surface area contributed by atoms with E-state index in [2.05, 4.69) is 0 Å². The van der Waals surface area contributed by atoms with Crippen LogP contribution in [0.2, 0.25) is 0 Å². The Hall–Kier alpha value is -3.28. The maximum Gasteiger partial charge on any atom is 0.306 e. The average Bonchev–Trinajstić information content (AvgIpc) is 3.02. The van der Waals surface area contributed by atoms with Crippen LogP contribution in [0, 0.1) is 0 Å². The maximum absolute atomic E-state index is 12.4. The van der Waals surface area contributed by atoms with Crippen LogP contribution in [-0.4, -0.2) is 41.6 Å². The lowest BCUT2D eigenvalue weighted by molar-refractivity contribution is -0.143. The number of carbonyl (C=O) groups excluding carboxylic acids is 4. The predicted molar refractivity (Wildman–Crippen MR) is 109 cm³/mol. The van der Waals surface area contributed by atoms with Gasteiger partial charge in [-0.2, -0.15) is 0 Å². The number of rotatable bonds is 7. The molecule has 6 nitrogen and oxygen atoms in total. The van der Waals surface area contributed by atoms with Gasteiger partial charge in [0.2, 0.25) is 0 Å². The zero-order valence-corrected chi connectivity index (χ0v) is 16.7. The number of amides is 2. The lowest BCUT2D eigenvalue weighted by Crippen LogP contribution is -2.33. The third kappa shape index (κ3) is 4.03. The van der Waals surface area contributed by atoms with Gasteiger partial charge in [0.15, 0.2) is 5.78 Å². The van der Waals surface area contributed by atoms with Gasteiger partial charge in [0.1, 0.15) is 6.61 Å². The second-order valence-corrected chi connectivity index (χ2v) is 7.64. The molecule has 0 fully saturated rings. The summed E-state index contributed by atoms with van der Waals surface area (Å²) in [7, 11) is 0. The van der Waals surface area contributed by atoms with Crippen molar-refractivity contribution in [2.45, 2.75) is 38.5 Å². The van der Waals surface area contributed by atoms with E-state index in [1.807, 2.05) is 18.2 Å². The van der Waals surface area contributed by atoms with Gasteiger partial charge in [-0.15, -0.1) is 0 Å². The van der Waals surface area contributed by atoms with Crippen molar-refractivity contribution in [1.29, 1.82) is 0 Å². The van der Waals surface area contributed by atoms with Crippen LogP contribution in [-0.2, 0) is 22.4 Å². The van der Waals surface area contributed by atoms with Gasteiger partial charge in [-0.3, -0.25) is 24.1 Å². The van der Waals surface area contributed by atoms with E-state index in [1.165, 1.54) is 17.5 Å². The van der Waals surface area contributed by atoms with Crippen LogP contribution in [0.5, 0.6) is 0 Å². The molecule has 154 valence electrons. The first-order valence-corrected chi connectivity index (χ1v) is 10.3. The number of nitrogens with zero attached hydrogens (tertiary/aromatic N) is 1. The first kappa shape index (κ1) is 20.0. The molecule has 0 N–H and O–H groups in total. The molecule has 2 aromatic carbocycles. The van der Waals surface area contributed by atoms with Gasteiger partial charge in [-0.25, -0.2) is 0 Å². The number of Topliss-reactive ketones (excluding diaryl/α,β-unsaturated/α-hetero) is 1. The van der Waals surface area contributed by atoms with Crippen molar-refractivity contribution >= 4 is 23.6 Å². The molecule has 0 saturated heterocycles. The smallest absolute Gasteiger partial charge is 0.306 e. The molecular weight excluding hydrogens is 382 g/mol. The molecule has 0 bridgehead atoms. The van der Waals surface area contributed by atoms with Crippen molar-refractivity contribution in [2.24, 2.45) is 0 Å². The molecule has 4 rings (SSSR count). The summed E-state index contributed by atoms with van der Waals surface area (Å²) in [6, 6.07) is 12.4. The Morgan fingerprint density at radius 3 is 2.23 bits per heavy atom. The van der Waals surface area contributed by atoms with Crippen LogP contribution in [0.4, 0.5) is 0 Å². The number of hydrogen-bond acceptors (Lipinski definition) is 5. The van der Waals surface area contributed by atoms with E-state index in [0.717, 1.165) is 24.2 Å². The molecule has 1 aliphatic heterocycles. The molecule has 0 spiro atoms. The second kappa shape index (κ2) is 8.61. The van der Waals surface area contributed by atoms with Crippen LogP contribution in [0.3, 0.4) is 0 Å². The number of hydrogen-bond donors (Lipinski definition) is 0. The van der Waals surface area contributed by atoms with E-state index in [1.54, 1.807) is 24.3 Å². The minimum absolute atomic E-state index is 0.00312. The summed E-state index contributed by atoms with van der Waals surface area (Å²) in [4.78, 5) is 50.1. The zero-order valence-electron chi connectivity index (χ0n) is 16.7. The molecular formula is C24H23NO5. The minimum atomic E-state index is -0.516. The fourth-order valence-corrected chi connectivity index (χ4v) is 4.03. The standard InChI is InChI=1S/C24H23NO5/c26-21(18-10-9-16-5-1-2-6-17(16)15-18)11-12-22(27)30-14-13-25-23(28)19-7-3-4-8-20(19)24(25)29/h3-4,7-10,15H,1-2,5-6,11-14H2. The Morgan fingerprint density at radius 2 is 1.53 bits per heavy atom. The Labute approximate surface area is 174 Å². The number of carbonyl (C=O) groups is 4. The first-order chi connectivity index (χ1) is 14.5. The fourth-order valence-electron chi connectivity index (χ4n) is 4.03. The second-order valence-electron chi connectivity index (χ2n) is 7.64. The van der Waals surface area contributed by atoms with Crippen molar-refractivity contribution in [1.82, 2.24) is 4.90 Å². The van der Waals surface area contributed by atoms with Crippen LogP contribution in [0.15, 0.2) is 42.5 Å². The van der Waals surface area contributed by atoms with E-state index in [0.29, 0.717) is 16.7 Å². The molecule has 1 aliphatic carbocycles. The van der Waals surface area contributed by atoms with E-state index in [4.69, 9.17) is 4.74 Å². The summed E-state index contributed by atoms with van der Waals surface area (Å²) in [6.45, 7) is -0.0891. The molecule has 6 heteroatoms. The lowest BCUT2D eigenvalue weighted by atomic mass is 9.89. The van der Waals surface area contributed by atoms with E-state index < -0.39 is 5.97 Å². The minimum Gasteiger partial charge on any atom is -0.464 e. The van der Waals surface area contributed by atoms with Crippen molar-refractivity contribution in [3.05, 3.63) is 70.3 Å². The Kier molecular flexibility index (Phi) is 5.74. The number of ketones is 1. The highest BCUT2D eigenvalue weighted by atomic mass is 16.5. The number of fused-ring (bicyclic) bond motifs is 2. The van der Waals surface area contributed by atoms with Crippen LogP contribution >= 0.6 is 0 Å². The van der Waals surface area contributed by atoms with Gasteiger partial charge < -0.3 is 4.74 Å². The van der Waals surface area contributed by atoms with Gasteiger partial charge >= 0.3 is 5.97 Å². The summed E-state index contributed by atoms with van der Waals surface area (Å²) in [5.41, 5.74) is 3.91. The third-order valence-electron chi connectivity index (χ3n) is 5.68. The summed E-state index contributed by atoms with van der Waals surface area (Å²) in [5, 5.41) is 0. The third-order valence-corrected chi connectivity index (χ3v) is 5.68. The van der Waals surface area contributed by atoms with Gasteiger partial charge in [0.25, 0.3) is 11.8 Å². The maximum atomic E-state index is 12.4. The first-order valence-electron chi connectivity index (χ1n) is 10.3. The van der Waals surface area contributed by atoms with E-state index >= 15 is 0 Å². The molecule has 0 atom stereocenters. The molecule has 0 unspecified atom stereocenters. The molecule has 0 saturated carbocycles. The molecule has 1 heterocycles. The Bertz CT molecular complexity index is 991. The number of ether oxygens (including phenoxy) is 1. The number of esters is 1. The molecule has 0 radical (unpaired) electrons. The molecule has 30 heavy (non-hydrogen) atoms. The lowest BCUT2D eigenvalue weighted by Gasteiger charge is -2.16. The van der Waals surface area contributed by atoms with Crippen LogP contribution in [0.1, 0.15) is 67.9 Å². The highest BCUT2D eigenvalue weighted by Gasteiger charge is 2.34. The Balaban J connectivity index is 1.23. The molecule has 0 aromatic heterocycles. The number of imide groups is 1. The zero-order chi connectivity index (χ0) is 21.1. The Morgan fingerprint density at radius 1 is 0.867 bits per heavy atom. The highest BCUT2D eigenvalue weighted by Crippen LogP contribution is 2.23. The normalized spacial score (nSPS) is 15.0. The average molecular weight is 405 g/mol. The highest BCUT2D eigenvalue weighted by molar-refractivity contribution is 6.21. The van der Waals surface area contributed by atoms with E-state index in [-0.39, 0.29) is 43.6 Å². The number of aryl methyl sites for hydroxylation is 2. The van der Waals surface area contributed by atoms with Gasteiger partial charge in [0.05, 0.1) is 24.1 Å². The van der Waals surface area contributed by atoms with Crippen molar-refractivity contribution < 1.29 is 23.9 Å². The monoisotopic (exact) mass is 405 g/mol. The largest absolute Gasteiger partial charge is 0.464 e. The van der Waals surface area contributed by atoms with Gasteiger partial charge in [-0.05, 0) is 55.0 Å². The van der Waals surface area contributed by atoms with Gasteiger partial charge in [-0.1, -0.05) is 24.3 Å².